The predicted molar refractivity (Wildman–Crippen MR) is 92.2 cm³/mol. The number of hydrogen-bond acceptors (Lipinski definition) is 7. The molecular weight excluding hydrogens is 316 g/mol. The molecule has 4 N–H and O–H groups in total. The molecule has 25 heavy (non-hydrogen) atoms. The van der Waals surface area contributed by atoms with Crippen LogP contribution in [-0.4, -0.2) is 9.97 Å². The van der Waals surface area contributed by atoms with Crippen LogP contribution in [0.15, 0.2) is 48.5 Å². The lowest BCUT2D eigenvalue weighted by Crippen LogP contribution is -2.05. The standard InChI is InChI=1S/C18H12N6O/c19-9-11-4-6-13(7-5-11)25-14-3-1-2-12(8-14)16-15(10-20)17(21)24-18(22)23-16/h1-8H,(H4,21,22,23,24). The molecule has 0 spiro atoms. The van der Waals surface area contributed by atoms with Crippen LogP contribution in [0, 0.1) is 22.7 Å². The van der Waals surface area contributed by atoms with Crippen molar-refractivity contribution in [1.29, 1.82) is 10.5 Å². The third kappa shape index (κ3) is 3.31. The fraction of sp³-hybridized carbons (Fsp3) is 0. The summed E-state index contributed by atoms with van der Waals surface area (Å²) in [6.45, 7) is 0. The van der Waals surface area contributed by atoms with Gasteiger partial charge >= 0.3 is 0 Å². The Balaban J connectivity index is 1.97. The smallest absolute Gasteiger partial charge is 0.222 e. The number of aromatic nitrogens is 2. The van der Waals surface area contributed by atoms with Crippen LogP contribution < -0.4 is 16.2 Å². The molecule has 1 aromatic heterocycles. The van der Waals surface area contributed by atoms with Crippen molar-refractivity contribution in [2.24, 2.45) is 0 Å². The van der Waals surface area contributed by atoms with Crippen molar-refractivity contribution in [3.05, 3.63) is 59.7 Å². The average Bonchev–Trinajstić information content (AvgIpc) is 2.62. The highest BCUT2D eigenvalue weighted by Crippen LogP contribution is 2.30. The largest absolute Gasteiger partial charge is 0.457 e. The van der Waals surface area contributed by atoms with Crippen LogP contribution >= 0.6 is 0 Å². The molecular formula is C18H12N6O. The summed E-state index contributed by atoms with van der Waals surface area (Å²) in [5.74, 6) is 1.15. The Kier molecular flexibility index (Phi) is 4.15. The van der Waals surface area contributed by atoms with Gasteiger partial charge in [-0.05, 0) is 36.4 Å². The van der Waals surface area contributed by atoms with Gasteiger partial charge in [-0.1, -0.05) is 12.1 Å². The van der Waals surface area contributed by atoms with Crippen molar-refractivity contribution in [2.75, 3.05) is 11.5 Å². The summed E-state index contributed by atoms with van der Waals surface area (Å²) in [5, 5.41) is 18.1. The van der Waals surface area contributed by atoms with Crippen molar-refractivity contribution in [1.82, 2.24) is 9.97 Å². The summed E-state index contributed by atoms with van der Waals surface area (Å²) in [7, 11) is 0. The maximum Gasteiger partial charge on any atom is 0.222 e. The van der Waals surface area contributed by atoms with E-state index in [1.54, 1.807) is 48.5 Å². The van der Waals surface area contributed by atoms with E-state index in [1.165, 1.54) is 0 Å². The van der Waals surface area contributed by atoms with Gasteiger partial charge in [0.05, 0.1) is 17.3 Å². The van der Waals surface area contributed by atoms with Gasteiger partial charge in [0.2, 0.25) is 5.95 Å². The lowest BCUT2D eigenvalue weighted by Gasteiger charge is -2.09. The van der Waals surface area contributed by atoms with Crippen molar-refractivity contribution in [2.45, 2.75) is 0 Å². The Morgan fingerprint density at radius 3 is 2.32 bits per heavy atom. The summed E-state index contributed by atoms with van der Waals surface area (Å²) in [6.07, 6.45) is 0. The topological polar surface area (TPSA) is 135 Å². The van der Waals surface area contributed by atoms with Gasteiger partial charge in [0.1, 0.15) is 28.9 Å². The molecule has 0 unspecified atom stereocenters. The maximum atomic E-state index is 9.30. The lowest BCUT2D eigenvalue weighted by molar-refractivity contribution is 0.483. The highest BCUT2D eigenvalue weighted by atomic mass is 16.5. The Morgan fingerprint density at radius 2 is 1.64 bits per heavy atom. The van der Waals surface area contributed by atoms with Crippen LogP contribution in [0.5, 0.6) is 11.5 Å². The van der Waals surface area contributed by atoms with E-state index < -0.39 is 0 Å². The zero-order chi connectivity index (χ0) is 17.8. The van der Waals surface area contributed by atoms with E-state index in [0.29, 0.717) is 28.3 Å². The van der Waals surface area contributed by atoms with E-state index in [4.69, 9.17) is 21.5 Å². The Bertz CT molecular complexity index is 1020. The number of hydrogen-bond donors (Lipinski definition) is 2. The van der Waals surface area contributed by atoms with Crippen molar-refractivity contribution in [3.8, 4) is 34.9 Å². The van der Waals surface area contributed by atoms with E-state index in [0.717, 1.165) is 0 Å². The van der Waals surface area contributed by atoms with Gasteiger partial charge in [0, 0.05) is 5.56 Å². The lowest BCUT2D eigenvalue weighted by atomic mass is 10.1. The van der Waals surface area contributed by atoms with Crippen LogP contribution in [0.1, 0.15) is 11.1 Å². The predicted octanol–water partition coefficient (Wildman–Crippen LogP) is 2.84. The normalized spacial score (nSPS) is 9.84. The summed E-state index contributed by atoms with van der Waals surface area (Å²) >= 11 is 0. The number of nitrogens with two attached hydrogens (primary N) is 2. The van der Waals surface area contributed by atoms with Gasteiger partial charge < -0.3 is 16.2 Å². The highest BCUT2D eigenvalue weighted by molar-refractivity contribution is 5.73. The molecule has 7 nitrogen and oxygen atoms in total. The highest BCUT2D eigenvalue weighted by Gasteiger charge is 2.13. The molecule has 1 heterocycles. The number of nitrogens with zero attached hydrogens (tertiary/aromatic N) is 4. The van der Waals surface area contributed by atoms with Gasteiger partial charge in [-0.25, -0.2) is 4.98 Å². The van der Waals surface area contributed by atoms with E-state index in [9.17, 15) is 5.26 Å². The molecule has 120 valence electrons. The van der Waals surface area contributed by atoms with Gasteiger partial charge in [0.25, 0.3) is 0 Å². The minimum Gasteiger partial charge on any atom is -0.457 e. The number of ether oxygens (including phenoxy) is 1. The second kappa shape index (κ2) is 6.57. The van der Waals surface area contributed by atoms with E-state index in [2.05, 4.69) is 9.97 Å². The van der Waals surface area contributed by atoms with E-state index in [-0.39, 0.29) is 17.3 Å². The monoisotopic (exact) mass is 328 g/mol. The van der Waals surface area contributed by atoms with Gasteiger partial charge in [0.15, 0.2) is 0 Å². The first kappa shape index (κ1) is 15.8. The number of anilines is 2. The molecule has 0 aliphatic carbocycles. The molecule has 7 heteroatoms. The summed E-state index contributed by atoms with van der Waals surface area (Å²) in [4.78, 5) is 7.92. The number of rotatable bonds is 3. The molecule has 0 saturated heterocycles. The van der Waals surface area contributed by atoms with Gasteiger partial charge in [-0.3, -0.25) is 0 Å². The Morgan fingerprint density at radius 1 is 0.880 bits per heavy atom. The first-order valence-corrected chi connectivity index (χ1v) is 7.22. The Hall–Kier alpha value is -4.10. The molecule has 0 aliphatic heterocycles. The molecule has 0 aliphatic rings. The molecule has 2 aromatic carbocycles. The second-order valence-corrected chi connectivity index (χ2v) is 5.07. The molecule has 0 amide bonds. The number of nitriles is 2. The van der Waals surface area contributed by atoms with Gasteiger partial charge in [-0.2, -0.15) is 15.5 Å². The van der Waals surface area contributed by atoms with Crippen LogP contribution in [0.3, 0.4) is 0 Å². The second-order valence-electron chi connectivity index (χ2n) is 5.07. The first-order chi connectivity index (χ1) is 12.1. The molecule has 0 radical (unpaired) electrons. The van der Waals surface area contributed by atoms with E-state index in [1.807, 2.05) is 12.1 Å². The van der Waals surface area contributed by atoms with Crippen molar-refractivity contribution >= 4 is 11.8 Å². The minimum absolute atomic E-state index is 0.00934. The molecule has 0 fully saturated rings. The molecule has 3 aromatic rings. The summed E-state index contributed by atoms with van der Waals surface area (Å²) in [5.41, 5.74) is 13.1. The quantitative estimate of drug-likeness (QED) is 0.754. The van der Waals surface area contributed by atoms with Crippen LogP contribution in [-0.2, 0) is 0 Å². The zero-order valence-electron chi connectivity index (χ0n) is 13.0. The van der Waals surface area contributed by atoms with Crippen LogP contribution in [0.4, 0.5) is 11.8 Å². The molecule has 0 saturated carbocycles. The van der Waals surface area contributed by atoms with Crippen molar-refractivity contribution in [3.63, 3.8) is 0 Å². The third-order valence-electron chi connectivity index (χ3n) is 3.39. The van der Waals surface area contributed by atoms with Crippen molar-refractivity contribution < 1.29 is 4.74 Å². The molecule has 0 atom stereocenters. The first-order valence-electron chi connectivity index (χ1n) is 7.22. The SMILES string of the molecule is N#Cc1ccc(Oc2cccc(-c3nc(N)nc(N)c3C#N)c2)cc1. The minimum atomic E-state index is -0.00934. The van der Waals surface area contributed by atoms with Gasteiger partial charge in [-0.15, -0.1) is 0 Å². The summed E-state index contributed by atoms with van der Waals surface area (Å²) < 4.78 is 5.78. The zero-order valence-corrected chi connectivity index (χ0v) is 13.0. The van der Waals surface area contributed by atoms with Crippen LogP contribution in [0.25, 0.3) is 11.3 Å². The number of nitrogen functional groups attached to an aromatic ring is 2. The third-order valence-corrected chi connectivity index (χ3v) is 3.39. The fourth-order valence-corrected chi connectivity index (χ4v) is 2.26. The molecule has 3 rings (SSSR count). The molecule has 0 bridgehead atoms. The number of benzene rings is 2. The van der Waals surface area contributed by atoms with E-state index >= 15 is 0 Å². The Labute approximate surface area is 143 Å². The summed E-state index contributed by atoms with van der Waals surface area (Å²) in [6, 6.07) is 17.8. The average molecular weight is 328 g/mol. The van der Waals surface area contributed by atoms with Crippen LogP contribution in [0.2, 0.25) is 0 Å². The maximum absolute atomic E-state index is 9.30. The fourth-order valence-electron chi connectivity index (χ4n) is 2.26.